The van der Waals surface area contributed by atoms with Gasteiger partial charge in [-0.3, -0.25) is 9.59 Å². The van der Waals surface area contributed by atoms with Crippen LogP contribution >= 0.6 is 0 Å². The molecule has 38 heavy (non-hydrogen) atoms. The summed E-state index contributed by atoms with van der Waals surface area (Å²) in [6.07, 6.45) is -2.82. The second-order valence-corrected chi connectivity index (χ2v) is 11.3. The van der Waals surface area contributed by atoms with Gasteiger partial charge in [-0.05, 0) is 84.3 Å². The fourth-order valence-electron chi connectivity index (χ4n) is 7.85. The van der Waals surface area contributed by atoms with Crippen LogP contribution in [0.25, 0.3) is 0 Å². The Morgan fingerprint density at radius 1 is 1.21 bits per heavy atom. The molecule has 4 nitrogen and oxygen atoms in total. The number of nitrogen functional groups attached to an aromatic ring is 1. The maximum atomic E-state index is 15.7. The predicted molar refractivity (Wildman–Crippen MR) is 135 cm³/mol. The molecule has 202 valence electrons. The van der Waals surface area contributed by atoms with E-state index in [4.69, 9.17) is 10.5 Å². The number of alkyl halides is 4. The van der Waals surface area contributed by atoms with Crippen LogP contribution in [0.1, 0.15) is 56.9 Å². The number of methoxy groups -OCH3 is 1. The number of ketones is 2. The number of Topliss-reactive ketones (excluding diaryl/α,β-unsaturated/α-hetero) is 1. The van der Waals surface area contributed by atoms with Gasteiger partial charge in [-0.2, -0.15) is 13.2 Å². The van der Waals surface area contributed by atoms with Crippen molar-refractivity contribution in [2.75, 3.05) is 19.5 Å². The lowest BCUT2D eigenvalue weighted by molar-refractivity contribution is -0.137. The highest BCUT2D eigenvalue weighted by Gasteiger charge is 2.66. The van der Waals surface area contributed by atoms with Gasteiger partial charge in [-0.1, -0.05) is 30.6 Å². The van der Waals surface area contributed by atoms with Gasteiger partial charge in [0.2, 0.25) is 0 Å². The van der Waals surface area contributed by atoms with Crippen LogP contribution < -0.4 is 5.73 Å². The number of benzene rings is 1. The quantitative estimate of drug-likeness (QED) is 0.300. The van der Waals surface area contributed by atoms with Crippen LogP contribution in [0, 0.1) is 34.5 Å². The first-order valence-electron chi connectivity index (χ1n) is 13.0. The Labute approximate surface area is 219 Å². The molecule has 0 aromatic heterocycles. The molecule has 0 amide bonds. The topological polar surface area (TPSA) is 69.4 Å². The number of carbonyl (C=O) groups is 2. The van der Waals surface area contributed by atoms with Gasteiger partial charge in [-0.15, -0.1) is 0 Å². The van der Waals surface area contributed by atoms with E-state index < -0.39 is 29.0 Å². The zero-order valence-corrected chi connectivity index (χ0v) is 21.5. The number of fused-ring (bicyclic) bond motifs is 4. The Morgan fingerprint density at radius 2 is 1.92 bits per heavy atom. The van der Waals surface area contributed by atoms with Crippen LogP contribution in [0.2, 0.25) is 0 Å². The largest absolute Gasteiger partial charge is 0.457 e. The maximum absolute atomic E-state index is 15.7. The molecule has 2 saturated carbocycles. The Balaban J connectivity index is 1.73. The van der Waals surface area contributed by atoms with E-state index >= 15 is 4.39 Å². The molecule has 1 unspecified atom stereocenters. The van der Waals surface area contributed by atoms with Gasteiger partial charge in [-0.25, -0.2) is 4.39 Å². The van der Waals surface area contributed by atoms with E-state index in [1.165, 1.54) is 19.1 Å². The molecule has 2 N–H and O–H groups in total. The summed E-state index contributed by atoms with van der Waals surface area (Å²) in [6.45, 7) is 1.51. The van der Waals surface area contributed by atoms with Crippen molar-refractivity contribution in [3.05, 3.63) is 52.6 Å². The zero-order valence-electron chi connectivity index (χ0n) is 21.5. The molecule has 0 heterocycles. The SMILES string of the molecule is COCC(=O)[C@]1(C#CC(F)(F)F)CC[C@H]2[C@@H]3CC(F)C4=CC(=O)CCC4=C3[C@@H](c3ccc(N)cc3)C[C@@]21C. The summed E-state index contributed by atoms with van der Waals surface area (Å²) in [5.74, 6) is 2.48. The zero-order chi connectivity index (χ0) is 27.5. The molecule has 0 bridgehead atoms. The Kier molecular flexibility index (Phi) is 6.58. The molecule has 0 spiro atoms. The van der Waals surface area contributed by atoms with E-state index in [1.54, 1.807) is 12.1 Å². The average Bonchev–Trinajstić information content (AvgIpc) is 3.16. The second kappa shape index (κ2) is 9.37. The first-order valence-corrected chi connectivity index (χ1v) is 13.0. The van der Waals surface area contributed by atoms with Crippen LogP contribution in [-0.2, 0) is 14.3 Å². The lowest BCUT2D eigenvalue weighted by atomic mass is 9.48. The van der Waals surface area contributed by atoms with Crippen LogP contribution in [-0.4, -0.2) is 37.6 Å². The van der Waals surface area contributed by atoms with Crippen molar-refractivity contribution in [3.63, 3.8) is 0 Å². The molecule has 0 saturated heterocycles. The molecule has 2 fully saturated rings. The fourth-order valence-corrected chi connectivity index (χ4v) is 7.85. The van der Waals surface area contributed by atoms with Crippen molar-refractivity contribution < 1.29 is 31.9 Å². The number of nitrogens with two attached hydrogens (primary N) is 1. The summed E-state index contributed by atoms with van der Waals surface area (Å²) in [4.78, 5) is 25.8. The van der Waals surface area contributed by atoms with E-state index in [0.29, 0.717) is 36.9 Å². The minimum absolute atomic E-state index is 0.0948. The number of halogens is 4. The maximum Gasteiger partial charge on any atom is 0.457 e. The molecule has 6 atom stereocenters. The van der Waals surface area contributed by atoms with Gasteiger partial charge in [0.05, 0.1) is 5.41 Å². The summed E-state index contributed by atoms with van der Waals surface area (Å²) >= 11 is 0. The monoisotopic (exact) mass is 529 g/mol. The van der Waals surface area contributed by atoms with Gasteiger partial charge in [0.1, 0.15) is 12.8 Å². The highest BCUT2D eigenvalue weighted by Crippen LogP contribution is 2.69. The van der Waals surface area contributed by atoms with Gasteiger partial charge < -0.3 is 10.5 Å². The Hall–Kier alpha value is -2.92. The summed E-state index contributed by atoms with van der Waals surface area (Å²) in [6, 6.07) is 7.32. The standard InChI is InChI=1S/C30H31F4NO3/c1-28-15-23(17-3-5-18(35)6-4-17)27-20-8-7-19(36)13-21(20)25(31)14-22(27)24(28)9-10-29(28,26(37)16-38-2)11-12-30(32,33)34/h3-6,13,22-25H,7-10,14-16,35H2,1-2H3/t22-,23+,24-,25?,28-,29+/m0/s1. The van der Waals surface area contributed by atoms with Crippen molar-refractivity contribution in [3.8, 4) is 11.8 Å². The van der Waals surface area contributed by atoms with Crippen LogP contribution in [0.4, 0.5) is 23.2 Å². The molecule has 1 aromatic rings. The predicted octanol–water partition coefficient (Wildman–Crippen LogP) is 5.88. The fraction of sp³-hybridized carbons (Fsp3) is 0.533. The lowest BCUT2D eigenvalue weighted by Crippen LogP contribution is -2.52. The normalized spacial score (nSPS) is 34.5. The van der Waals surface area contributed by atoms with Crippen LogP contribution in [0.15, 0.2) is 47.1 Å². The van der Waals surface area contributed by atoms with E-state index in [9.17, 15) is 22.8 Å². The Bertz CT molecular complexity index is 1290. The third-order valence-electron chi connectivity index (χ3n) is 9.45. The van der Waals surface area contributed by atoms with Crippen LogP contribution in [0.3, 0.4) is 0 Å². The van der Waals surface area contributed by atoms with Gasteiger partial charge in [0.15, 0.2) is 11.6 Å². The molecule has 4 aliphatic carbocycles. The first-order chi connectivity index (χ1) is 17.9. The minimum atomic E-state index is -4.75. The van der Waals surface area contributed by atoms with Crippen LogP contribution in [0.5, 0.6) is 0 Å². The molecular formula is C30H31F4NO3. The number of rotatable bonds is 4. The van der Waals surface area contributed by atoms with E-state index in [2.05, 4.69) is 5.92 Å². The summed E-state index contributed by atoms with van der Waals surface area (Å²) in [5, 5.41) is 0. The second-order valence-electron chi connectivity index (χ2n) is 11.3. The minimum Gasteiger partial charge on any atom is -0.399 e. The molecule has 0 aliphatic heterocycles. The highest BCUT2D eigenvalue weighted by molar-refractivity contribution is 5.93. The summed E-state index contributed by atoms with van der Waals surface area (Å²) in [7, 11) is 1.34. The molecule has 1 aromatic carbocycles. The van der Waals surface area contributed by atoms with E-state index in [1.807, 2.05) is 19.1 Å². The van der Waals surface area contributed by atoms with Gasteiger partial charge in [0, 0.05) is 31.1 Å². The number of ether oxygens (including phenoxy) is 1. The number of hydrogen-bond donors (Lipinski definition) is 1. The first kappa shape index (κ1) is 26.7. The van der Waals surface area contributed by atoms with E-state index in [-0.39, 0.29) is 43.0 Å². The van der Waals surface area contributed by atoms with Gasteiger partial charge >= 0.3 is 6.18 Å². The number of hydrogen-bond acceptors (Lipinski definition) is 4. The average molecular weight is 530 g/mol. The number of carbonyl (C=O) groups excluding carboxylic acids is 2. The Morgan fingerprint density at radius 3 is 2.58 bits per heavy atom. The molecule has 0 radical (unpaired) electrons. The summed E-state index contributed by atoms with van der Waals surface area (Å²) < 4.78 is 60.9. The molecule has 4 aliphatic rings. The van der Waals surface area contributed by atoms with Crippen molar-refractivity contribution in [2.24, 2.45) is 22.7 Å². The molecule has 8 heteroatoms. The van der Waals surface area contributed by atoms with Crippen molar-refractivity contribution >= 4 is 17.3 Å². The summed E-state index contributed by atoms with van der Waals surface area (Å²) in [5.41, 5.74) is 7.25. The third-order valence-corrected chi connectivity index (χ3v) is 9.45. The third kappa shape index (κ3) is 4.20. The van der Waals surface area contributed by atoms with Crippen molar-refractivity contribution in [2.45, 2.75) is 63.7 Å². The number of allylic oxidation sites excluding steroid dienone is 4. The van der Waals surface area contributed by atoms with Crippen molar-refractivity contribution in [1.82, 2.24) is 0 Å². The molecule has 5 rings (SSSR count). The van der Waals surface area contributed by atoms with Crippen molar-refractivity contribution in [1.29, 1.82) is 0 Å². The smallest absolute Gasteiger partial charge is 0.399 e. The van der Waals surface area contributed by atoms with E-state index in [0.717, 1.165) is 16.7 Å². The van der Waals surface area contributed by atoms with Gasteiger partial charge in [0.25, 0.3) is 0 Å². The number of anilines is 1. The highest BCUT2D eigenvalue weighted by atomic mass is 19.4. The molecular weight excluding hydrogens is 498 g/mol. The lowest BCUT2D eigenvalue weighted by Gasteiger charge is -2.55.